The highest BCUT2D eigenvalue weighted by atomic mass is 15.3. The number of anilines is 1. The van der Waals surface area contributed by atoms with E-state index >= 15 is 0 Å². The van der Waals surface area contributed by atoms with E-state index in [1.54, 1.807) is 0 Å². The molecular weight excluding hydrogens is 312 g/mol. The molecule has 4 heterocycles. The first-order valence-corrected chi connectivity index (χ1v) is 9.09. The van der Waals surface area contributed by atoms with Crippen molar-refractivity contribution in [2.45, 2.75) is 45.2 Å². The van der Waals surface area contributed by atoms with Crippen LogP contribution in [0, 0.1) is 5.92 Å². The largest absolute Gasteiger partial charge is 0.338 e. The Hall–Kier alpha value is -2.50. The molecule has 25 heavy (non-hydrogen) atoms. The van der Waals surface area contributed by atoms with Gasteiger partial charge in [-0.1, -0.05) is 0 Å². The van der Waals surface area contributed by atoms with Crippen molar-refractivity contribution >= 4 is 17.0 Å². The van der Waals surface area contributed by atoms with E-state index in [9.17, 15) is 0 Å². The Labute approximate surface area is 147 Å². The van der Waals surface area contributed by atoms with E-state index < -0.39 is 0 Å². The van der Waals surface area contributed by atoms with E-state index in [1.807, 2.05) is 24.8 Å². The van der Waals surface area contributed by atoms with Crippen molar-refractivity contribution in [2.24, 2.45) is 5.92 Å². The molecule has 0 N–H and O–H groups in total. The summed E-state index contributed by atoms with van der Waals surface area (Å²) in [5.74, 6) is 1.77. The second-order valence-corrected chi connectivity index (χ2v) is 7.48. The smallest absolute Gasteiger partial charge is 0.225 e. The molecule has 0 aromatic carbocycles. The van der Waals surface area contributed by atoms with Gasteiger partial charge in [0.2, 0.25) is 5.95 Å². The molecule has 2 atom stereocenters. The van der Waals surface area contributed by atoms with E-state index in [1.165, 1.54) is 12.8 Å². The summed E-state index contributed by atoms with van der Waals surface area (Å²) in [5.41, 5.74) is 4.12. The van der Waals surface area contributed by atoms with Crippen molar-refractivity contribution in [1.29, 1.82) is 0 Å². The van der Waals surface area contributed by atoms with Gasteiger partial charge in [0.1, 0.15) is 5.52 Å². The zero-order chi connectivity index (χ0) is 17.0. The number of piperidine rings is 1. The SMILES string of the molecule is CC(C)n1cnc2cnc(Cc3ccnc(N4CCC5CC54)n3)cc21. The fourth-order valence-electron chi connectivity index (χ4n) is 3.93. The molecule has 1 aliphatic carbocycles. The quantitative estimate of drug-likeness (QED) is 0.734. The number of fused-ring (bicyclic) bond motifs is 2. The van der Waals surface area contributed by atoms with Crippen molar-refractivity contribution in [2.75, 3.05) is 11.4 Å². The predicted octanol–water partition coefficient (Wildman–Crippen LogP) is 2.99. The zero-order valence-corrected chi connectivity index (χ0v) is 14.6. The van der Waals surface area contributed by atoms with Crippen LogP contribution in [0.2, 0.25) is 0 Å². The van der Waals surface area contributed by atoms with Crippen LogP contribution < -0.4 is 4.90 Å². The monoisotopic (exact) mass is 334 g/mol. The first-order valence-electron chi connectivity index (χ1n) is 9.09. The van der Waals surface area contributed by atoms with Crippen LogP contribution in [0.4, 0.5) is 5.95 Å². The number of imidazole rings is 1. The fraction of sp³-hybridized carbons (Fsp3) is 0.474. The minimum atomic E-state index is 0.382. The molecule has 1 aliphatic heterocycles. The Kier molecular flexibility index (Phi) is 3.26. The summed E-state index contributed by atoms with van der Waals surface area (Å²) in [5, 5.41) is 0. The van der Waals surface area contributed by atoms with Gasteiger partial charge in [-0.2, -0.15) is 0 Å². The van der Waals surface area contributed by atoms with Crippen LogP contribution in [-0.2, 0) is 6.42 Å². The van der Waals surface area contributed by atoms with E-state index in [-0.39, 0.29) is 0 Å². The lowest BCUT2D eigenvalue weighted by atomic mass is 10.2. The summed E-state index contributed by atoms with van der Waals surface area (Å²) in [7, 11) is 0. The molecular formula is C19H22N6. The maximum atomic E-state index is 4.80. The minimum absolute atomic E-state index is 0.382. The summed E-state index contributed by atoms with van der Waals surface area (Å²) in [6.45, 7) is 5.43. The van der Waals surface area contributed by atoms with Gasteiger partial charge in [-0.3, -0.25) is 4.98 Å². The highest BCUT2D eigenvalue weighted by molar-refractivity contribution is 5.74. The lowest BCUT2D eigenvalue weighted by molar-refractivity contribution is 0.617. The van der Waals surface area contributed by atoms with Gasteiger partial charge in [-0.05, 0) is 44.7 Å². The van der Waals surface area contributed by atoms with Gasteiger partial charge in [-0.25, -0.2) is 15.0 Å². The van der Waals surface area contributed by atoms with E-state index in [2.05, 4.69) is 44.3 Å². The molecule has 6 nitrogen and oxygen atoms in total. The molecule has 3 aromatic rings. The van der Waals surface area contributed by atoms with Gasteiger partial charge < -0.3 is 9.47 Å². The molecule has 2 fully saturated rings. The van der Waals surface area contributed by atoms with Crippen LogP contribution in [0.25, 0.3) is 11.0 Å². The molecule has 128 valence electrons. The molecule has 1 saturated heterocycles. The summed E-state index contributed by atoms with van der Waals surface area (Å²) in [6, 6.07) is 5.20. The Morgan fingerprint density at radius 3 is 2.88 bits per heavy atom. The molecule has 2 unspecified atom stereocenters. The van der Waals surface area contributed by atoms with Crippen molar-refractivity contribution in [3.05, 3.63) is 42.2 Å². The first-order chi connectivity index (χ1) is 12.2. The predicted molar refractivity (Wildman–Crippen MR) is 96.6 cm³/mol. The van der Waals surface area contributed by atoms with Crippen LogP contribution >= 0.6 is 0 Å². The van der Waals surface area contributed by atoms with Crippen molar-refractivity contribution in [3.63, 3.8) is 0 Å². The average molecular weight is 334 g/mol. The Bertz CT molecular complexity index is 931. The minimum Gasteiger partial charge on any atom is -0.338 e. The summed E-state index contributed by atoms with van der Waals surface area (Å²) >= 11 is 0. The van der Waals surface area contributed by atoms with Crippen LogP contribution in [-0.4, -0.2) is 37.1 Å². The Morgan fingerprint density at radius 1 is 1.20 bits per heavy atom. The second kappa shape index (κ2) is 5.51. The van der Waals surface area contributed by atoms with Crippen LogP contribution in [0.1, 0.15) is 44.1 Å². The summed E-state index contributed by atoms with van der Waals surface area (Å²) < 4.78 is 2.18. The lowest BCUT2D eigenvalue weighted by Crippen LogP contribution is -2.24. The van der Waals surface area contributed by atoms with Crippen molar-refractivity contribution in [3.8, 4) is 0 Å². The second-order valence-electron chi connectivity index (χ2n) is 7.48. The molecule has 3 aromatic heterocycles. The number of pyridine rings is 1. The van der Waals surface area contributed by atoms with Gasteiger partial charge in [0.05, 0.1) is 23.7 Å². The highest BCUT2D eigenvalue weighted by Crippen LogP contribution is 2.45. The third kappa shape index (κ3) is 2.56. The Balaban J connectivity index is 1.43. The van der Waals surface area contributed by atoms with Gasteiger partial charge in [0.25, 0.3) is 0 Å². The molecule has 0 radical (unpaired) electrons. The number of nitrogens with zero attached hydrogens (tertiary/aromatic N) is 6. The number of aromatic nitrogens is 5. The van der Waals surface area contributed by atoms with Crippen molar-refractivity contribution < 1.29 is 0 Å². The van der Waals surface area contributed by atoms with Crippen LogP contribution in [0.5, 0.6) is 0 Å². The maximum Gasteiger partial charge on any atom is 0.225 e. The molecule has 6 heteroatoms. The zero-order valence-electron chi connectivity index (χ0n) is 14.6. The van der Waals surface area contributed by atoms with Crippen LogP contribution in [0.15, 0.2) is 30.9 Å². The average Bonchev–Trinajstić information content (AvgIpc) is 3.07. The van der Waals surface area contributed by atoms with Gasteiger partial charge in [0.15, 0.2) is 0 Å². The topological polar surface area (TPSA) is 59.7 Å². The highest BCUT2D eigenvalue weighted by Gasteiger charge is 2.47. The number of rotatable bonds is 4. The lowest BCUT2D eigenvalue weighted by Gasteiger charge is -2.18. The first kappa shape index (κ1) is 14.8. The summed E-state index contributed by atoms with van der Waals surface area (Å²) in [4.78, 5) is 20.7. The number of hydrogen-bond donors (Lipinski definition) is 0. The third-order valence-corrected chi connectivity index (χ3v) is 5.42. The van der Waals surface area contributed by atoms with E-state index in [4.69, 9.17) is 4.98 Å². The standard InChI is InChI=1S/C19H22N6/c1-12(2)25-11-22-16-10-21-15(9-18(16)25)8-14-3-5-20-19(23-14)24-6-4-13-7-17(13)24/h3,5,9-13,17H,4,6-8H2,1-2H3. The van der Waals surface area contributed by atoms with Gasteiger partial charge in [-0.15, -0.1) is 0 Å². The fourth-order valence-corrected chi connectivity index (χ4v) is 3.93. The molecule has 0 spiro atoms. The molecule has 2 aliphatic rings. The van der Waals surface area contributed by atoms with E-state index in [0.29, 0.717) is 12.1 Å². The molecule has 5 rings (SSSR count). The maximum absolute atomic E-state index is 4.80. The molecule has 0 bridgehead atoms. The summed E-state index contributed by atoms with van der Waals surface area (Å²) in [6.07, 6.45) is 8.95. The van der Waals surface area contributed by atoms with Gasteiger partial charge in [0, 0.05) is 36.9 Å². The third-order valence-electron chi connectivity index (χ3n) is 5.42. The van der Waals surface area contributed by atoms with Crippen molar-refractivity contribution in [1.82, 2.24) is 24.5 Å². The normalized spacial score (nSPS) is 22.0. The molecule has 1 saturated carbocycles. The molecule has 0 amide bonds. The van der Waals surface area contributed by atoms with E-state index in [0.717, 1.165) is 47.3 Å². The van der Waals surface area contributed by atoms with Crippen LogP contribution in [0.3, 0.4) is 0 Å². The Morgan fingerprint density at radius 2 is 2.12 bits per heavy atom. The number of hydrogen-bond acceptors (Lipinski definition) is 5. The van der Waals surface area contributed by atoms with Gasteiger partial charge >= 0.3 is 0 Å².